The zero-order valence-corrected chi connectivity index (χ0v) is 12.5. The van der Waals surface area contributed by atoms with Crippen molar-refractivity contribution < 1.29 is 23.5 Å². The van der Waals surface area contributed by atoms with Crippen LogP contribution in [-0.2, 0) is 9.59 Å². The van der Waals surface area contributed by atoms with Gasteiger partial charge in [0.1, 0.15) is 6.61 Å². The lowest BCUT2D eigenvalue weighted by molar-refractivity contribution is -0.141. The van der Waals surface area contributed by atoms with E-state index in [0.29, 0.717) is 38.2 Å². The molecule has 0 aromatic heterocycles. The van der Waals surface area contributed by atoms with Gasteiger partial charge in [0.25, 0.3) is 0 Å². The average molecular weight is 324 g/mol. The summed E-state index contributed by atoms with van der Waals surface area (Å²) in [6.45, 7) is 1.17. The minimum absolute atomic E-state index is 0.00386. The molecule has 2 aliphatic rings. The van der Waals surface area contributed by atoms with Crippen LogP contribution in [0.3, 0.4) is 0 Å². The van der Waals surface area contributed by atoms with Crippen molar-refractivity contribution in [1.82, 2.24) is 9.80 Å². The summed E-state index contributed by atoms with van der Waals surface area (Å²) in [4.78, 5) is 27.1. The molecule has 23 heavy (non-hydrogen) atoms. The molecule has 7 heteroatoms. The van der Waals surface area contributed by atoms with E-state index in [-0.39, 0.29) is 23.7 Å². The Morgan fingerprint density at radius 1 is 1.09 bits per heavy atom. The second kappa shape index (κ2) is 6.23. The van der Waals surface area contributed by atoms with Gasteiger partial charge in [0, 0.05) is 32.1 Å². The molecule has 1 saturated heterocycles. The fourth-order valence-electron chi connectivity index (χ4n) is 3.09. The van der Waals surface area contributed by atoms with E-state index >= 15 is 0 Å². The van der Waals surface area contributed by atoms with E-state index in [1.165, 1.54) is 11.0 Å². The first-order valence-electron chi connectivity index (χ1n) is 7.63. The lowest BCUT2D eigenvalue weighted by Gasteiger charge is -2.34. The number of aliphatic hydroxyl groups excluding tert-OH is 1. The Kier molecular flexibility index (Phi) is 4.30. The van der Waals surface area contributed by atoms with E-state index in [9.17, 15) is 18.4 Å². The maximum Gasteiger partial charge on any atom is 0.248 e. The number of piperazine rings is 1. The molecule has 3 rings (SSSR count). The summed E-state index contributed by atoms with van der Waals surface area (Å²) in [7, 11) is 0. The zero-order chi connectivity index (χ0) is 16.6. The molecule has 1 aromatic rings. The number of nitrogens with zero attached hydrogens (tertiary/aromatic N) is 2. The van der Waals surface area contributed by atoms with Crippen molar-refractivity contribution in [2.75, 3.05) is 32.8 Å². The number of carbonyl (C=O) groups excluding carboxylic acids is 2. The van der Waals surface area contributed by atoms with Crippen LogP contribution in [0, 0.1) is 17.6 Å². The van der Waals surface area contributed by atoms with E-state index in [2.05, 4.69) is 0 Å². The van der Waals surface area contributed by atoms with E-state index in [0.717, 1.165) is 12.1 Å². The molecule has 2 fully saturated rings. The molecule has 5 nitrogen and oxygen atoms in total. The van der Waals surface area contributed by atoms with Crippen LogP contribution in [-0.4, -0.2) is 59.5 Å². The molecule has 124 valence electrons. The molecular weight excluding hydrogens is 306 g/mol. The van der Waals surface area contributed by atoms with Crippen LogP contribution in [0.4, 0.5) is 8.78 Å². The standard InChI is InChI=1S/C16H18F2N2O3/c17-13-2-1-10(7-14(13)18)11-8-12(11)16(23)20-5-3-19(4-6-20)15(22)9-21/h1-2,7,11-12,21H,3-6,8-9H2. The maximum absolute atomic E-state index is 13.3. The van der Waals surface area contributed by atoms with Gasteiger partial charge in [0.15, 0.2) is 11.6 Å². The molecule has 1 aromatic carbocycles. The second-order valence-corrected chi connectivity index (χ2v) is 5.99. The van der Waals surface area contributed by atoms with Crippen molar-refractivity contribution in [3.05, 3.63) is 35.4 Å². The normalized spacial score (nSPS) is 23.8. The molecule has 1 aliphatic carbocycles. The molecule has 0 radical (unpaired) electrons. The maximum atomic E-state index is 13.3. The predicted molar refractivity (Wildman–Crippen MR) is 77.5 cm³/mol. The van der Waals surface area contributed by atoms with Crippen LogP contribution >= 0.6 is 0 Å². The van der Waals surface area contributed by atoms with E-state index in [4.69, 9.17) is 5.11 Å². The number of amides is 2. The van der Waals surface area contributed by atoms with Gasteiger partial charge in [-0.15, -0.1) is 0 Å². The van der Waals surface area contributed by atoms with Crippen LogP contribution in [0.2, 0.25) is 0 Å². The summed E-state index contributed by atoms with van der Waals surface area (Å²) >= 11 is 0. The number of aliphatic hydroxyl groups is 1. The molecule has 2 atom stereocenters. The highest BCUT2D eigenvalue weighted by Gasteiger charge is 2.46. The molecule has 0 spiro atoms. The fourth-order valence-corrected chi connectivity index (χ4v) is 3.09. The van der Waals surface area contributed by atoms with Gasteiger partial charge in [-0.1, -0.05) is 6.07 Å². The van der Waals surface area contributed by atoms with Crippen molar-refractivity contribution >= 4 is 11.8 Å². The quantitative estimate of drug-likeness (QED) is 0.892. The highest BCUT2D eigenvalue weighted by molar-refractivity contribution is 5.83. The summed E-state index contributed by atoms with van der Waals surface area (Å²) < 4.78 is 26.2. The van der Waals surface area contributed by atoms with Gasteiger partial charge in [-0.05, 0) is 30.0 Å². The number of carbonyl (C=O) groups is 2. The minimum atomic E-state index is -0.892. The Morgan fingerprint density at radius 3 is 2.35 bits per heavy atom. The summed E-state index contributed by atoms with van der Waals surface area (Å²) in [5.74, 6) is -2.37. The number of hydrogen-bond acceptors (Lipinski definition) is 3. The van der Waals surface area contributed by atoms with Crippen molar-refractivity contribution in [2.24, 2.45) is 5.92 Å². The Hall–Kier alpha value is -2.02. The van der Waals surface area contributed by atoms with Gasteiger partial charge >= 0.3 is 0 Å². The van der Waals surface area contributed by atoms with Crippen molar-refractivity contribution in [1.29, 1.82) is 0 Å². The highest BCUT2D eigenvalue weighted by atomic mass is 19.2. The summed E-state index contributed by atoms with van der Waals surface area (Å²) in [6, 6.07) is 3.77. The lowest BCUT2D eigenvalue weighted by atomic mass is 10.1. The molecule has 2 unspecified atom stereocenters. The molecule has 1 saturated carbocycles. The number of rotatable bonds is 3. The Bertz CT molecular complexity index is 630. The number of benzene rings is 1. The molecular formula is C16H18F2N2O3. The van der Waals surface area contributed by atoms with Crippen LogP contribution in [0.1, 0.15) is 17.9 Å². The largest absolute Gasteiger partial charge is 0.387 e. The first kappa shape index (κ1) is 15.9. The van der Waals surface area contributed by atoms with Crippen LogP contribution < -0.4 is 0 Å². The van der Waals surface area contributed by atoms with Gasteiger partial charge in [-0.3, -0.25) is 9.59 Å². The van der Waals surface area contributed by atoms with Gasteiger partial charge in [0.2, 0.25) is 11.8 Å². The third kappa shape index (κ3) is 3.19. The minimum Gasteiger partial charge on any atom is -0.387 e. The fraction of sp³-hybridized carbons (Fsp3) is 0.500. The molecule has 1 aliphatic heterocycles. The van der Waals surface area contributed by atoms with E-state index in [1.807, 2.05) is 0 Å². The molecule has 0 bridgehead atoms. The monoisotopic (exact) mass is 324 g/mol. The van der Waals surface area contributed by atoms with Gasteiger partial charge in [0.05, 0.1) is 0 Å². The number of halogens is 2. The third-order valence-corrected chi connectivity index (χ3v) is 4.56. The Balaban J connectivity index is 1.56. The van der Waals surface area contributed by atoms with E-state index < -0.39 is 18.2 Å². The summed E-state index contributed by atoms with van der Waals surface area (Å²) in [6.07, 6.45) is 0.639. The van der Waals surface area contributed by atoms with Crippen molar-refractivity contribution in [2.45, 2.75) is 12.3 Å². The molecule has 1 N–H and O–H groups in total. The lowest BCUT2D eigenvalue weighted by Crippen LogP contribution is -2.51. The third-order valence-electron chi connectivity index (χ3n) is 4.56. The summed E-state index contributed by atoms with van der Waals surface area (Å²) in [5.41, 5.74) is 0.649. The van der Waals surface area contributed by atoms with Crippen LogP contribution in [0.5, 0.6) is 0 Å². The van der Waals surface area contributed by atoms with Crippen LogP contribution in [0.15, 0.2) is 18.2 Å². The van der Waals surface area contributed by atoms with Crippen molar-refractivity contribution in [3.63, 3.8) is 0 Å². The van der Waals surface area contributed by atoms with Gasteiger partial charge in [-0.25, -0.2) is 8.78 Å². The van der Waals surface area contributed by atoms with E-state index in [1.54, 1.807) is 4.90 Å². The van der Waals surface area contributed by atoms with Gasteiger partial charge in [-0.2, -0.15) is 0 Å². The number of hydrogen-bond donors (Lipinski definition) is 1. The van der Waals surface area contributed by atoms with Gasteiger partial charge < -0.3 is 14.9 Å². The average Bonchev–Trinajstić information content (AvgIpc) is 3.37. The van der Waals surface area contributed by atoms with Crippen LogP contribution in [0.25, 0.3) is 0 Å². The first-order valence-corrected chi connectivity index (χ1v) is 7.63. The first-order chi connectivity index (χ1) is 11.0. The smallest absolute Gasteiger partial charge is 0.248 e. The summed E-state index contributed by atoms with van der Waals surface area (Å²) in [5, 5.41) is 8.83. The highest BCUT2D eigenvalue weighted by Crippen LogP contribution is 2.48. The molecule has 2 amide bonds. The molecule has 1 heterocycles. The Labute approximate surface area is 132 Å². The topological polar surface area (TPSA) is 60.9 Å². The zero-order valence-electron chi connectivity index (χ0n) is 12.5. The second-order valence-electron chi connectivity index (χ2n) is 5.99. The predicted octanol–water partition coefficient (Wildman–Crippen LogP) is 0.731. The van der Waals surface area contributed by atoms with Crippen molar-refractivity contribution in [3.8, 4) is 0 Å². The SMILES string of the molecule is O=C(CO)N1CCN(C(=O)C2CC2c2ccc(F)c(F)c2)CC1. The Morgan fingerprint density at radius 2 is 1.74 bits per heavy atom.